The standard InChI is InChI=1S/C15H15BrFNO/c1-10(18)14-7-4-12(16)8-15(14)19-9-11-2-5-13(17)6-3-11/h2-8,10H,9,18H2,1H3. The molecular formula is C15H15BrFNO. The zero-order valence-corrected chi connectivity index (χ0v) is 12.2. The molecule has 0 aliphatic rings. The summed E-state index contributed by atoms with van der Waals surface area (Å²) in [6.45, 7) is 2.30. The highest BCUT2D eigenvalue weighted by Gasteiger charge is 2.09. The van der Waals surface area contributed by atoms with Crippen LogP contribution in [0.1, 0.15) is 24.1 Å². The summed E-state index contributed by atoms with van der Waals surface area (Å²) in [6, 6.07) is 11.9. The molecule has 2 N–H and O–H groups in total. The highest BCUT2D eigenvalue weighted by molar-refractivity contribution is 9.10. The van der Waals surface area contributed by atoms with Crippen molar-refractivity contribution in [2.24, 2.45) is 5.73 Å². The number of nitrogens with two attached hydrogens (primary N) is 1. The fraction of sp³-hybridized carbons (Fsp3) is 0.200. The summed E-state index contributed by atoms with van der Waals surface area (Å²) in [4.78, 5) is 0. The fourth-order valence-corrected chi connectivity index (χ4v) is 2.09. The van der Waals surface area contributed by atoms with Crippen LogP contribution in [0.3, 0.4) is 0 Å². The highest BCUT2D eigenvalue weighted by Crippen LogP contribution is 2.28. The van der Waals surface area contributed by atoms with Gasteiger partial charge in [0.1, 0.15) is 18.2 Å². The number of ether oxygens (including phenoxy) is 1. The minimum atomic E-state index is -0.248. The molecule has 0 amide bonds. The Morgan fingerprint density at radius 2 is 1.89 bits per heavy atom. The van der Waals surface area contributed by atoms with Gasteiger partial charge in [-0.3, -0.25) is 0 Å². The summed E-state index contributed by atoms with van der Waals surface area (Å²) in [6.07, 6.45) is 0. The molecule has 2 aromatic rings. The summed E-state index contributed by atoms with van der Waals surface area (Å²) in [5.74, 6) is 0.496. The molecule has 0 aliphatic heterocycles. The average Bonchev–Trinajstić information content (AvgIpc) is 2.38. The molecule has 0 spiro atoms. The second-order valence-electron chi connectivity index (χ2n) is 4.39. The van der Waals surface area contributed by atoms with E-state index in [0.717, 1.165) is 21.3 Å². The molecule has 0 radical (unpaired) electrons. The van der Waals surface area contributed by atoms with Crippen LogP contribution in [0.15, 0.2) is 46.9 Å². The third-order valence-corrected chi connectivity index (χ3v) is 3.27. The molecule has 2 aromatic carbocycles. The van der Waals surface area contributed by atoms with Crippen molar-refractivity contribution in [2.45, 2.75) is 19.6 Å². The van der Waals surface area contributed by atoms with E-state index in [-0.39, 0.29) is 11.9 Å². The normalized spacial score (nSPS) is 12.2. The Morgan fingerprint density at radius 3 is 2.53 bits per heavy atom. The first-order valence-electron chi connectivity index (χ1n) is 5.98. The van der Waals surface area contributed by atoms with Crippen LogP contribution in [0.25, 0.3) is 0 Å². The van der Waals surface area contributed by atoms with Gasteiger partial charge < -0.3 is 10.5 Å². The van der Waals surface area contributed by atoms with E-state index in [2.05, 4.69) is 15.9 Å². The molecule has 2 nitrogen and oxygen atoms in total. The maximum atomic E-state index is 12.8. The summed E-state index contributed by atoms with van der Waals surface area (Å²) >= 11 is 3.41. The first kappa shape index (κ1) is 14.0. The van der Waals surface area contributed by atoms with Crippen LogP contribution in [0, 0.1) is 5.82 Å². The fourth-order valence-electron chi connectivity index (χ4n) is 1.75. The van der Waals surface area contributed by atoms with Crippen LogP contribution >= 0.6 is 15.9 Å². The van der Waals surface area contributed by atoms with Crippen LogP contribution in [0.4, 0.5) is 4.39 Å². The Kier molecular flexibility index (Phi) is 4.56. The zero-order chi connectivity index (χ0) is 13.8. The van der Waals surface area contributed by atoms with Crippen molar-refractivity contribution in [3.05, 3.63) is 63.9 Å². The van der Waals surface area contributed by atoms with Crippen molar-refractivity contribution in [3.63, 3.8) is 0 Å². The molecule has 2 rings (SSSR count). The van der Waals surface area contributed by atoms with E-state index in [9.17, 15) is 4.39 Å². The number of rotatable bonds is 4. The van der Waals surface area contributed by atoms with Gasteiger partial charge in [0.05, 0.1) is 0 Å². The van der Waals surface area contributed by atoms with E-state index < -0.39 is 0 Å². The average molecular weight is 324 g/mol. The first-order chi connectivity index (χ1) is 9.06. The summed E-state index contributed by atoms with van der Waals surface area (Å²) < 4.78 is 19.5. The monoisotopic (exact) mass is 323 g/mol. The van der Waals surface area contributed by atoms with Crippen LogP contribution in [-0.4, -0.2) is 0 Å². The second-order valence-corrected chi connectivity index (χ2v) is 5.30. The lowest BCUT2D eigenvalue weighted by Crippen LogP contribution is -2.08. The minimum Gasteiger partial charge on any atom is -0.489 e. The van der Waals surface area contributed by atoms with Gasteiger partial charge in [-0.15, -0.1) is 0 Å². The molecule has 0 bridgehead atoms. The van der Waals surface area contributed by atoms with E-state index in [1.807, 2.05) is 25.1 Å². The van der Waals surface area contributed by atoms with E-state index in [1.165, 1.54) is 12.1 Å². The quantitative estimate of drug-likeness (QED) is 0.915. The van der Waals surface area contributed by atoms with Gasteiger partial charge in [-0.25, -0.2) is 4.39 Å². The smallest absolute Gasteiger partial charge is 0.125 e. The largest absolute Gasteiger partial charge is 0.489 e. The zero-order valence-electron chi connectivity index (χ0n) is 10.6. The molecule has 1 unspecified atom stereocenters. The third-order valence-electron chi connectivity index (χ3n) is 2.77. The summed E-state index contributed by atoms with van der Waals surface area (Å²) in [5, 5.41) is 0. The Morgan fingerprint density at radius 1 is 1.21 bits per heavy atom. The molecule has 0 fully saturated rings. The maximum absolute atomic E-state index is 12.8. The number of hydrogen-bond acceptors (Lipinski definition) is 2. The molecular weight excluding hydrogens is 309 g/mol. The molecule has 100 valence electrons. The minimum absolute atomic E-state index is 0.101. The molecule has 1 atom stereocenters. The van der Waals surface area contributed by atoms with Gasteiger partial charge in [0.25, 0.3) is 0 Å². The Balaban J connectivity index is 2.14. The summed E-state index contributed by atoms with van der Waals surface area (Å²) in [7, 11) is 0. The number of halogens is 2. The predicted octanol–water partition coefficient (Wildman–Crippen LogP) is 4.19. The third kappa shape index (κ3) is 3.78. The topological polar surface area (TPSA) is 35.2 Å². The van der Waals surface area contributed by atoms with Gasteiger partial charge in [-0.05, 0) is 36.8 Å². The molecule has 0 saturated carbocycles. The van der Waals surface area contributed by atoms with Crippen molar-refractivity contribution >= 4 is 15.9 Å². The molecule has 4 heteroatoms. The summed E-state index contributed by atoms with van der Waals surface area (Å²) in [5.41, 5.74) is 7.77. The molecule has 0 aromatic heterocycles. The number of benzene rings is 2. The van der Waals surface area contributed by atoms with Gasteiger partial charge in [-0.1, -0.05) is 34.1 Å². The van der Waals surface area contributed by atoms with Gasteiger partial charge in [0.15, 0.2) is 0 Å². The van der Waals surface area contributed by atoms with E-state index in [0.29, 0.717) is 6.61 Å². The highest BCUT2D eigenvalue weighted by atomic mass is 79.9. The lowest BCUT2D eigenvalue weighted by Gasteiger charge is -2.14. The molecule has 0 heterocycles. The van der Waals surface area contributed by atoms with E-state index >= 15 is 0 Å². The van der Waals surface area contributed by atoms with Crippen molar-refractivity contribution in [1.29, 1.82) is 0 Å². The lowest BCUT2D eigenvalue weighted by molar-refractivity contribution is 0.301. The van der Waals surface area contributed by atoms with E-state index in [4.69, 9.17) is 10.5 Å². The van der Waals surface area contributed by atoms with Gasteiger partial charge >= 0.3 is 0 Å². The SMILES string of the molecule is CC(N)c1ccc(Br)cc1OCc1ccc(F)cc1. The predicted molar refractivity (Wildman–Crippen MR) is 77.5 cm³/mol. The second kappa shape index (κ2) is 6.17. The van der Waals surface area contributed by atoms with Crippen LogP contribution < -0.4 is 10.5 Å². The van der Waals surface area contributed by atoms with Crippen molar-refractivity contribution in [2.75, 3.05) is 0 Å². The lowest BCUT2D eigenvalue weighted by atomic mass is 10.1. The maximum Gasteiger partial charge on any atom is 0.125 e. The van der Waals surface area contributed by atoms with Crippen molar-refractivity contribution in [1.82, 2.24) is 0 Å². The molecule has 19 heavy (non-hydrogen) atoms. The first-order valence-corrected chi connectivity index (χ1v) is 6.78. The van der Waals surface area contributed by atoms with Crippen LogP contribution in [0.2, 0.25) is 0 Å². The van der Waals surface area contributed by atoms with Gasteiger partial charge in [-0.2, -0.15) is 0 Å². The van der Waals surface area contributed by atoms with Gasteiger partial charge in [0, 0.05) is 16.1 Å². The van der Waals surface area contributed by atoms with E-state index in [1.54, 1.807) is 12.1 Å². The van der Waals surface area contributed by atoms with Crippen molar-refractivity contribution < 1.29 is 9.13 Å². The number of hydrogen-bond donors (Lipinski definition) is 1. The van der Waals surface area contributed by atoms with Crippen molar-refractivity contribution in [3.8, 4) is 5.75 Å². The Labute approximate surface area is 120 Å². The van der Waals surface area contributed by atoms with Crippen LogP contribution in [-0.2, 0) is 6.61 Å². The molecule has 0 saturated heterocycles. The molecule has 0 aliphatic carbocycles. The van der Waals surface area contributed by atoms with Gasteiger partial charge in [0.2, 0.25) is 0 Å². The van der Waals surface area contributed by atoms with Crippen LogP contribution in [0.5, 0.6) is 5.75 Å². The Bertz CT molecular complexity index is 555. The Hall–Kier alpha value is -1.39.